The first-order valence-corrected chi connectivity index (χ1v) is 10.8. The SMILES string of the molecule is CCOc1ncccc1NC(=O)c1ccc(N(C)S(=O)(=O)c2ccc(C)cc2)cc1. The van der Waals surface area contributed by atoms with E-state index in [1.165, 1.54) is 11.4 Å². The zero-order valence-electron chi connectivity index (χ0n) is 17.0. The molecule has 0 radical (unpaired) electrons. The third-order valence-electron chi connectivity index (χ3n) is 4.47. The van der Waals surface area contributed by atoms with Crippen molar-refractivity contribution < 1.29 is 17.9 Å². The van der Waals surface area contributed by atoms with Gasteiger partial charge in [0.1, 0.15) is 5.69 Å². The van der Waals surface area contributed by atoms with Crippen LogP contribution in [0, 0.1) is 6.92 Å². The first-order valence-electron chi connectivity index (χ1n) is 9.37. The lowest BCUT2D eigenvalue weighted by Crippen LogP contribution is -2.26. The second-order valence-electron chi connectivity index (χ2n) is 6.58. The van der Waals surface area contributed by atoms with E-state index in [4.69, 9.17) is 4.74 Å². The minimum atomic E-state index is -3.69. The molecule has 3 rings (SSSR count). The topological polar surface area (TPSA) is 88.6 Å². The number of nitrogens with zero attached hydrogens (tertiary/aromatic N) is 2. The van der Waals surface area contributed by atoms with Crippen molar-refractivity contribution in [1.29, 1.82) is 0 Å². The first-order chi connectivity index (χ1) is 14.3. The standard InChI is InChI=1S/C22H23N3O4S/c1-4-29-22-20(6-5-15-23-22)24-21(26)17-9-11-18(12-10-17)25(3)30(27,28)19-13-7-16(2)8-14-19/h5-15H,4H2,1-3H3,(H,24,26). The van der Waals surface area contributed by atoms with Gasteiger partial charge in [-0.25, -0.2) is 13.4 Å². The Balaban J connectivity index is 1.77. The Morgan fingerprint density at radius 1 is 1.07 bits per heavy atom. The van der Waals surface area contributed by atoms with Gasteiger partial charge >= 0.3 is 0 Å². The highest BCUT2D eigenvalue weighted by molar-refractivity contribution is 7.92. The number of anilines is 2. The second-order valence-corrected chi connectivity index (χ2v) is 8.54. The summed E-state index contributed by atoms with van der Waals surface area (Å²) < 4.78 is 32.3. The van der Waals surface area contributed by atoms with Gasteiger partial charge in [0.15, 0.2) is 0 Å². The summed E-state index contributed by atoms with van der Waals surface area (Å²) in [7, 11) is -2.21. The average molecular weight is 426 g/mol. The minimum Gasteiger partial charge on any atom is -0.476 e. The number of rotatable bonds is 7. The van der Waals surface area contributed by atoms with Crippen molar-refractivity contribution in [1.82, 2.24) is 4.98 Å². The van der Waals surface area contributed by atoms with Gasteiger partial charge in [-0.2, -0.15) is 0 Å². The fraction of sp³-hybridized carbons (Fsp3) is 0.182. The second kappa shape index (κ2) is 8.96. The van der Waals surface area contributed by atoms with Gasteiger partial charge in [-0.05, 0) is 62.4 Å². The summed E-state index contributed by atoms with van der Waals surface area (Å²) in [5.74, 6) is -0.00607. The van der Waals surface area contributed by atoms with Crippen LogP contribution in [-0.4, -0.2) is 33.0 Å². The summed E-state index contributed by atoms with van der Waals surface area (Å²) in [6, 6.07) is 16.4. The van der Waals surface area contributed by atoms with Crippen LogP contribution in [0.3, 0.4) is 0 Å². The third kappa shape index (κ3) is 4.60. The number of carbonyl (C=O) groups is 1. The van der Waals surface area contributed by atoms with Crippen LogP contribution in [0.2, 0.25) is 0 Å². The van der Waals surface area contributed by atoms with E-state index in [0.29, 0.717) is 29.4 Å². The number of carbonyl (C=O) groups excluding carboxylic acids is 1. The molecule has 0 bridgehead atoms. The van der Waals surface area contributed by atoms with Crippen molar-refractivity contribution in [2.45, 2.75) is 18.7 Å². The number of amides is 1. The maximum Gasteiger partial charge on any atom is 0.264 e. The van der Waals surface area contributed by atoms with Crippen molar-refractivity contribution in [2.24, 2.45) is 0 Å². The van der Waals surface area contributed by atoms with Crippen LogP contribution in [0.1, 0.15) is 22.8 Å². The molecule has 0 saturated heterocycles. The molecule has 0 saturated carbocycles. The predicted molar refractivity (Wildman–Crippen MR) is 117 cm³/mol. The highest BCUT2D eigenvalue weighted by Gasteiger charge is 2.21. The molecule has 2 aromatic carbocycles. The first kappa shape index (κ1) is 21.3. The molecule has 0 unspecified atom stereocenters. The molecule has 0 aliphatic rings. The van der Waals surface area contributed by atoms with Crippen molar-refractivity contribution in [3.8, 4) is 5.88 Å². The quantitative estimate of drug-likeness (QED) is 0.621. The number of nitrogens with one attached hydrogen (secondary N) is 1. The Labute approximate surface area is 176 Å². The minimum absolute atomic E-state index is 0.206. The van der Waals surface area contributed by atoms with Gasteiger partial charge in [-0.15, -0.1) is 0 Å². The molecule has 0 aliphatic carbocycles. The fourth-order valence-electron chi connectivity index (χ4n) is 2.76. The molecular formula is C22H23N3O4S. The largest absolute Gasteiger partial charge is 0.476 e. The number of sulfonamides is 1. The van der Waals surface area contributed by atoms with Gasteiger partial charge in [0.05, 0.1) is 17.2 Å². The van der Waals surface area contributed by atoms with Crippen molar-refractivity contribution in [3.63, 3.8) is 0 Å². The van der Waals surface area contributed by atoms with Gasteiger partial charge in [0.25, 0.3) is 15.9 Å². The van der Waals surface area contributed by atoms with Gasteiger partial charge < -0.3 is 10.1 Å². The Hall–Kier alpha value is -3.39. The smallest absolute Gasteiger partial charge is 0.264 e. The maximum atomic E-state index is 12.8. The Morgan fingerprint density at radius 2 is 1.73 bits per heavy atom. The lowest BCUT2D eigenvalue weighted by Gasteiger charge is -2.20. The Kier molecular flexibility index (Phi) is 6.37. The van der Waals surface area contributed by atoms with Crippen LogP contribution in [-0.2, 0) is 10.0 Å². The summed E-state index contributed by atoms with van der Waals surface area (Å²) in [5.41, 5.74) is 2.27. The summed E-state index contributed by atoms with van der Waals surface area (Å²) in [6.45, 7) is 4.16. The van der Waals surface area contributed by atoms with E-state index in [1.54, 1.807) is 66.9 Å². The van der Waals surface area contributed by atoms with Crippen molar-refractivity contribution in [3.05, 3.63) is 78.0 Å². The zero-order valence-corrected chi connectivity index (χ0v) is 17.8. The molecule has 8 heteroatoms. The van der Waals surface area contributed by atoms with Gasteiger partial charge in [-0.1, -0.05) is 17.7 Å². The molecule has 1 aromatic heterocycles. The van der Waals surface area contributed by atoms with Crippen LogP contribution in [0.4, 0.5) is 11.4 Å². The predicted octanol–water partition coefficient (Wildman–Crippen LogP) is 3.87. The molecule has 1 heterocycles. The third-order valence-corrected chi connectivity index (χ3v) is 6.27. The van der Waals surface area contributed by atoms with Crippen LogP contribution < -0.4 is 14.4 Å². The van der Waals surface area contributed by atoms with Crippen LogP contribution in [0.15, 0.2) is 71.8 Å². The van der Waals surface area contributed by atoms with Crippen LogP contribution >= 0.6 is 0 Å². The number of ether oxygens (including phenoxy) is 1. The summed E-state index contributed by atoms with van der Waals surface area (Å²) in [6.07, 6.45) is 1.58. The molecule has 1 N–H and O–H groups in total. The number of hydrogen-bond donors (Lipinski definition) is 1. The van der Waals surface area contributed by atoms with Crippen LogP contribution in [0.25, 0.3) is 0 Å². The number of aromatic nitrogens is 1. The van der Waals surface area contributed by atoms with E-state index < -0.39 is 10.0 Å². The van der Waals surface area contributed by atoms with E-state index in [0.717, 1.165) is 5.56 Å². The molecule has 0 atom stereocenters. The molecular weight excluding hydrogens is 402 g/mol. The lowest BCUT2D eigenvalue weighted by molar-refractivity contribution is 0.102. The maximum absolute atomic E-state index is 12.8. The van der Waals surface area contributed by atoms with E-state index >= 15 is 0 Å². The Bertz CT molecular complexity index is 1130. The lowest BCUT2D eigenvalue weighted by atomic mass is 10.2. The molecule has 1 amide bonds. The van der Waals surface area contributed by atoms with Gasteiger partial charge in [0, 0.05) is 18.8 Å². The Morgan fingerprint density at radius 3 is 2.37 bits per heavy atom. The molecule has 30 heavy (non-hydrogen) atoms. The zero-order chi connectivity index (χ0) is 21.7. The molecule has 7 nitrogen and oxygen atoms in total. The molecule has 0 spiro atoms. The van der Waals surface area contributed by atoms with E-state index in [1.807, 2.05) is 13.8 Å². The number of pyridine rings is 1. The fourth-order valence-corrected chi connectivity index (χ4v) is 3.96. The van der Waals surface area contributed by atoms with E-state index in [9.17, 15) is 13.2 Å². The number of aryl methyl sites for hydroxylation is 1. The van der Waals surface area contributed by atoms with Gasteiger partial charge in [0.2, 0.25) is 5.88 Å². The highest BCUT2D eigenvalue weighted by atomic mass is 32.2. The highest BCUT2D eigenvalue weighted by Crippen LogP contribution is 2.24. The summed E-state index contributed by atoms with van der Waals surface area (Å²) in [5, 5.41) is 2.76. The summed E-state index contributed by atoms with van der Waals surface area (Å²) in [4.78, 5) is 16.9. The van der Waals surface area contributed by atoms with Crippen molar-refractivity contribution >= 4 is 27.3 Å². The van der Waals surface area contributed by atoms with E-state index in [-0.39, 0.29) is 10.8 Å². The number of hydrogen-bond acceptors (Lipinski definition) is 5. The average Bonchev–Trinajstić information content (AvgIpc) is 2.75. The number of benzene rings is 2. The molecule has 156 valence electrons. The monoisotopic (exact) mass is 425 g/mol. The molecule has 0 fully saturated rings. The van der Waals surface area contributed by atoms with E-state index in [2.05, 4.69) is 10.3 Å². The van der Waals surface area contributed by atoms with Crippen molar-refractivity contribution in [2.75, 3.05) is 23.3 Å². The molecule has 0 aliphatic heterocycles. The normalized spacial score (nSPS) is 11.0. The summed E-state index contributed by atoms with van der Waals surface area (Å²) >= 11 is 0. The van der Waals surface area contributed by atoms with Crippen LogP contribution in [0.5, 0.6) is 5.88 Å². The van der Waals surface area contributed by atoms with Gasteiger partial charge in [-0.3, -0.25) is 9.10 Å². The molecule has 3 aromatic rings.